The molecule has 5 heteroatoms. The Hall–Kier alpha value is -1.39. The van der Waals surface area contributed by atoms with Gasteiger partial charge in [0.2, 0.25) is 0 Å². The summed E-state index contributed by atoms with van der Waals surface area (Å²) in [7, 11) is 3.00. The third kappa shape index (κ3) is 0.975. The highest BCUT2D eigenvalue weighted by Crippen LogP contribution is 1.49. The number of hydrogen-bond acceptors (Lipinski definition) is 2. The second-order valence-corrected chi connectivity index (χ2v) is 2.05. The topological polar surface area (TPSA) is 58.7 Å². The lowest BCUT2D eigenvalue weighted by Crippen LogP contribution is -2.48. The van der Waals surface area contributed by atoms with Gasteiger partial charge in [0.1, 0.15) is 0 Å². The maximum Gasteiger partial charge on any atom is 0.377 e. The quantitative estimate of drug-likeness (QED) is 0.422. The van der Waals surface area contributed by atoms with Crippen molar-refractivity contribution in [2.24, 2.45) is 14.1 Å². The predicted octanol–water partition coefficient (Wildman–Crippen LogP) is -2.10. The molecule has 0 amide bonds. The van der Waals surface area contributed by atoms with Crippen LogP contribution in [0.5, 0.6) is 0 Å². The monoisotopic (exact) mass is 142 g/mol. The normalized spacial score (nSPS) is 9.80. The summed E-state index contributed by atoms with van der Waals surface area (Å²) >= 11 is 0. The van der Waals surface area contributed by atoms with E-state index in [9.17, 15) is 9.59 Å². The predicted molar refractivity (Wildman–Crippen MR) is 33.5 cm³/mol. The first-order valence-corrected chi connectivity index (χ1v) is 2.77. The molecule has 0 saturated heterocycles. The molecule has 1 N–H and O–H groups in total. The molecule has 0 aromatic carbocycles. The number of rotatable bonds is 0. The second-order valence-electron chi connectivity index (χ2n) is 2.05. The molecule has 0 spiro atoms. The Kier molecular flexibility index (Phi) is 1.41. The van der Waals surface area contributed by atoms with E-state index < -0.39 is 5.69 Å². The molecule has 0 aliphatic rings. The zero-order chi connectivity index (χ0) is 7.72. The van der Waals surface area contributed by atoms with Gasteiger partial charge in [-0.2, -0.15) is 0 Å². The number of H-pyrrole nitrogens is 1. The van der Waals surface area contributed by atoms with E-state index in [1.54, 1.807) is 7.05 Å². The molecule has 0 bridgehead atoms. The van der Waals surface area contributed by atoms with Crippen LogP contribution >= 0.6 is 0 Å². The lowest BCUT2D eigenvalue weighted by molar-refractivity contribution is -0.733. The lowest BCUT2D eigenvalue weighted by Gasteiger charge is -1.89. The first-order chi connectivity index (χ1) is 4.61. The molecule has 0 fully saturated rings. The van der Waals surface area contributed by atoms with E-state index in [1.807, 2.05) is 0 Å². The third-order valence-corrected chi connectivity index (χ3v) is 1.21. The van der Waals surface area contributed by atoms with Gasteiger partial charge in [-0.05, 0) is 0 Å². The van der Waals surface area contributed by atoms with E-state index in [-0.39, 0.29) is 5.56 Å². The van der Waals surface area contributed by atoms with Crippen LogP contribution in [0.2, 0.25) is 0 Å². The van der Waals surface area contributed by atoms with Crippen molar-refractivity contribution in [1.82, 2.24) is 9.67 Å². The molecule has 0 aliphatic carbocycles. The van der Waals surface area contributed by atoms with E-state index in [0.717, 1.165) is 4.57 Å². The fourth-order valence-electron chi connectivity index (χ4n) is 0.610. The highest BCUT2D eigenvalue weighted by atomic mass is 16.2. The Morgan fingerprint density at radius 2 is 2.20 bits per heavy atom. The van der Waals surface area contributed by atoms with Gasteiger partial charge in [0.25, 0.3) is 6.20 Å². The maximum absolute atomic E-state index is 10.8. The summed E-state index contributed by atoms with van der Waals surface area (Å²) in [5.74, 6) is 0. The number of aryl methyl sites for hydroxylation is 1. The zero-order valence-corrected chi connectivity index (χ0v) is 5.79. The second kappa shape index (κ2) is 2.09. The van der Waals surface area contributed by atoms with Crippen molar-refractivity contribution in [3.8, 4) is 0 Å². The summed E-state index contributed by atoms with van der Waals surface area (Å²) in [5.41, 5.74) is -0.721. The molecule has 5 nitrogen and oxygen atoms in total. The molecule has 1 aromatic rings. The van der Waals surface area contributed by atoms with Gasteiger partial charge in [-0.25, -0.2) is 4.79 Å². The van der Waals surface area contributed by atoms with Crippen molar-refractivity contribution in [2.45, 2.75) is 0 Å². The summed E-state index contributed by atoms with van der Waals surface area (Å²) in [6.45, 7) is 0. The Bertz CT molecular complexity index is 317. The minimum Gasteiger partial charge on any atom is -0.262 e. The number of nitrogens with zero attached hydrogens (tertiary/aromatic N) is 2. The SMILES string of the molecule is Cn1c(=O)c[n+](C)[nH]c1=O. The fourth-order valence-corrected chi connectivity index (χ4v) is 0.610. The van der Waals surface area contributed by atoms with Crippen LogP contribution in [0.1, 0.15) is 0 Å². The van der Waals surface area contributed by atoms with E-state index in [4.69, 9.17) is 0 Å². The molecule has 0 aliphatic heterocycles. The van der Waals surface area contributed by atoms with Crippen LogP contribution in [0.15, 0.2) is 15.8 Å². The molecule has 0 unspecified atom stereocenters. The van der Waals surface area contributed by atoms with Crippen molar-refractivity contribution in [1.29, 1.82) is 0 Å². The number of aromatic nitrogens is 3. The van der Waals surface area contributed by atoms with Crippen LogP contribution in [-0.2, 0) is 14.1 Å². The van der Waals surface area contributed by atoms with Gasteiger partial charge < -0.3 is 0 Å². The Balaban J connectivity index is 3.62. The standard InChI is InChI=1S/C5H7N3O2/c1-7-3-4(9)8(2)5(10)6-7/h3H,1-2H3/p+1. The minimum absolute atomic E-state index is 0.314. The van der Waals surface area contributed by atoms with E-state index in [1.165, 1.54) is 17.9 Å². The minimum atomic E-state index is -0.407. The molecule has 0 saturated carbocycles. The van der Waals surface area contributed by atoms with Crippen LogP contribution in [0.4, 0.5) is 0 Å². The van der Waals surface area contributed by atoms with E-state index in [2.05, 4.69) is 5.10 Å². The number of aromatic amines is 1. The van der Waals surface area contributed by atoms with Crippen molar-refractivity contribution in [3.63, 3.8) is 0 Å². The van der Waals surface area contributed by atoms with Gasteiger partial charge >= 0.3 is 11.2 Å². The smallest absolute Gasteiger partial charge is 0.262 e. The molecular weight excluding hydrogens is 134 g/mol. The first-order valence-electron chi connectivity index (χ1n) is 2.77. The van der Waals surface area contributed by atoms with Crippen LogP contribution in [-0.4, -0.2) is 9.67 Å². The molecule has 0 radical (unpaired) electrons. The van der Waals surface area contributed by atoms with Gasteiger partial charge in [0.05, 0.1) is 0 Å². The molecular formula is C5H8N3O2+. The molecule has 1 aromatic heterocycles. The number of hydrogen-bond donors (Lipinski definition) is 1. The third-order valence-electron chi connectivity index (χ3n) is 1.21. The van der Waals surface area contributed by atoms with Crippen LogP contribution in [0.3, 0.4) is 0 Å². The lowest BCUT2D eigenvalue weighted by atomic mass is 10.8. The van der Waals surface area contributed by atoms with Crippen molar-refractivity contribution in [2.75, 3.05) is 0 Å². The maximum atomic E-state index is 10.8. The average Bonchev–Trinajstić information content (AvgIpc) is 1.82. The zero-order valence-electron chi connectivity index (χ0n) is 5.79. The summed E-state index contributed by atoms with van der Waals surface area (Å²) in [5, 5.41) is 2.40. The molecule has 1 rings (SSSR count). The summed E-state index contributed by atoms with van der Waals surface area (Å²) < 4.78 is 2.32. The average molecular weight is 142 g/mol. The van der Waals surface area contributed by atoms with Crippen molar-refractivity contribution >= 4 is 0 Å². The van der Waals surface area contributed by atoms with Crippen molar-refractivity contribution < 1.29 is 4.68 Å². The van der Waals surface area contributed by atoms with Gasteiger partial charge in [-0.15, -0.1) is 9.78 Å². The summed E-state index contributed by atoms with van der Waals surface area (Å²) in [6, 6.07) is 0. The highest BCUT2D eigenvalue weighted by Gasteiger charge is 1.99. The Labute approximate surface area is 56.5 Å². The van der Waals surface area contributed by atoms with E-state index >= 15 is 0 Å². The van der Waals surface area contributed by atoms with Gasteiger partial charge in [-0.3, -0.25) is 9.36 Å². The summed E-state index contributed by atoms with van der Waals surface area (Å²) in [6.07, 6.45) is 1.29. The molecule has 54 valence electrons. The van der Waals surface area contributed by atoms with Crippen LogP contribution in [0.25, 0.3) is 0 Å². The Morgan fingerprint density at radius 1 is 1.60 bits per heavy atom. The molecule has 1 heterocycles. The van der Waals surface area contributed by atoms with Gasteiger partial charge in [-0.1, -0.05) is 0 Å². The van der Waals surface area contributed by atoms with Gasteiger partial charge in [0, 0.05) is 7.05 Å². The Morgan fingerprint density at radius 3 is 2.70 bits per heavy atom. The van der Waals surface area contributed by atoms with Crippen LogP contribution in [0, 0.1) is 0 Å². The van der Waals surface area contributed by atoms with E-state index in [0.29, 0.717) is 0 Å². The largest absolute Gasteiger partial charge is 0.377 e. The van der Waals surface area contributed by atoms with Gasteiger partial charge in [0.15, 0.2) is 7.05 Å². The first kappa shape index (κ1) is 6.73. The van der Waals surface area contributed by atoms with Crippen molar-refractivity contribution in [3.05, 3.63) is 27.0 Å². The van der Waals surface area contributed by atoms with Crippen LogP contribution < -0.4 is 15.9 Å². The molecule has 10 heavy (non-hydrogen) atoms. The highest BCUT2D eigenvalue weighted by molar-refractivity contribution is 4.65. The fraction of sp³-hybridized carbons (Fsp3) is 0.400. The summed E-state index contributed by atoms with van der Waals surface area (Å²) in [4.78, 5) is 21.5. The number of nitrogens with one attached hydrogen (secondary N) is 1. The molecule has 0 atom stereocenters.